The standard InChI is InChI=1S/C14H14BrFN2O2S/c1-9-13(16)6-11(7-14(9)17)21(19,20)18-8-10-4-2-3-5-12(10)15/h2-7,18H,8,17H2,1H3. The summed E-state index contributed by atoms with van der Waals surface area (Å²) in [5.41, 5.74) is 6.73. The molecule has 0 saturated carbocycles. The number of hydrogen-bond acceptors (Lipinski definition) is 3. The van der Waals surface area contributed by atoms with Gasteiger partial charge in [0.25, 0.3) is 0 Å². The van der Waals surface area contributed by atoms with E-state index < -0.39 is 15.8 Å². The molecule has 2 aromatic rings. The molecule has 0 saturated heterocycles. The van der Waals surface area contributed by atoms with Gasteiger partial charge in [-0.3, -0.25) is 0 Å². The largest absolute Gasteiger partial charge is 0.398 e. The van der Waals surface area contributed by atoms with Gasteiger partial charge in [-0.1, -0.05) is 34.1 Å². The van der Waals surface area contributed by atoms with Crippen LogP contribution in [0.4, 0.5) is 10.1 Å². The van der Waals surface area contributed by atoms with Gasteiger partial charge in [-0.25, -0.2) is 17.5 Å². The van der Waals surface area contributed by atoms with Gasteiger partial charge in [-0.05, 0) is 30.7 Å². The number of halogens is 2. The fourth-order valence-corrected chi connectivity index (χ4v) is 3.21. The molecule has 7 heteroatoms. The number of nitrogen functional groups attached to an aromatic ring is 1. The molecule has 0 radical (unpaired) electrons. The van der Waals surface area contributed by atoms with E-state index in [2.05, 4.69) is 20.7 Å². The molecule has 0 aliphatic rings. The Morgan fingerprint density at radius 2 is 1.95 bits per heavy atom. The zero-order chi connectivity index (χ0) is 15.6. The molecule has 0 unspecified atom stereocenters. The van der Waals surface area contributed by atoms with E-state index in [4.69, 9.17) is 5.73 Å². The number of nitrogens with one attached hydrogen (secondary N) is 1. The first-order valence-electron chi connectivity index (χ1n) is 6.10. The second-order valence-corrected chi connectivity index (χ2v) is 7.16. The van der Waals surface area contributed by atoms with Crippen molar-refractivity contribution in [3.8, 4) is 0 Å². The van der Waals surface area contributed by atoms with Gasteiger partial charge < -0.3 is 5.73 Å². The van der Waals surface area contributed by atoms with E-state index in [9.17, 15) is 12.8 Å². The second-order valence-electron chi connectivity index (χ2n) is 4.54. The van der Waals surface area contributed by atoms with Crippen molar-refractivity contribution in [2.75, 3.05) is 5.73 Å². The number of anilines is 1. The third-order valence-electron chi connectivity index (χ3n) is 3.08. The lowest BCUT2D eigenvalue weighted by atomic mass is 10.2. The molecule has 0 aromatic heterocycles. The average Bonchev–Trinajstić information content (AvgIpc) is 2.43. The van der Waals surface area contributed by atoms with Crippen LogP contribution in [0, 0.1) is 12.7 Å². The van der Waals surface area contributed by atoms with Gasteiger partial charge in [-0.15, -0.1) is 0 Å². The summed E-state index contributed by atoms with van der Waals surface area (Å²) in [5, 5.41) is 0. The number of sulfonamides is 1. The van der Waals surface area contributed by atoms with Crippen LogP contribution < -0.4 is 10.5 Å². The molecule has 21 heavy (non-hydrogen) atoms. The van der Waals surface area contributed by atoms with E-state index in [0.717, 1.165) is 16.1 Å². The number of nitrogens with two attached hydrogens (primary N) is 1. The minimum atomic E-state index is -3.83. The van der Waals surface area contributed by atoms with Crippen LogP contribution in [0.5, 0.6) is 0 Å². The molecule has 0 aliphatic carbocycles. The van der Waals surface area contributed by atoms with Crippen molar-refractivity contribution < 1.29 is 12.8 Å². The highest BCUT2D eigenvalue weighted by Crippen LogP contribution is 2.22. The zero-order valence-corrected chi connectivity index (χ0v) is 13.6. The molecule has 4 nitrogen and oxygen atoms in total. The van der Waals surface area contributed by atoms with Gasteiger partial charge in [0.05, 0.1) is 4.90 Å². The van der Waals surface area contributed by atoms with E-state index in [0.29, 0.717) is 0 Å². The van der Waals surface area contributed by atoms with Gasteiger partial charge in [0.1, 0.15) is 5.82 Å². The number of benzene rings is 2. The lowest BCUT2D eigenvalue weighted by molar-refractivity contribution is 0.576. The summed E-state index contributed by atoms with van der Waals surface area (Å²) in [6, 6.07) is 9.45. The Morgan fingerprint density at radius 3 is 2.57 bits per heavy atom. The van der Waals surface area contributed by atoms with Crippen LogP contribution in [0.25, 0.3) is 0 Å². The van der Waals surface area contributed by atoms with E-state index in [1.54, 1.807) is 12.1 Å². The molecule has 2 rings (SSSR count). The third kappa shape index (κ3) is 3.61. The van der Waals surface area contributed by atoms with Gasteiger partial charge in [0, 0.05) is 22.3 Å². The van der Waals surface area contributed by atoms with Crippen molar-refractivity contribution in [3.05, 3.63) is 57.8 Å². The first-order chi connectivity index (χ1) is 9.81. The Bertz CT molecular complexity index is 755. The lowest BCUT2D eigenvalue weighted by Crippen LogP contribution is -2.23. The van der Waals surface area contributed by atoms with E-state index in [1.165, 1.54) is 13.0 Å². The molecule has 0 heterocycles. The van der Waals surface area contributed by atoms with E-state index >= 15 is 0 Å². The van der Waals surface area contributed by atoms with Crippen molar-refractivity contribution in [3.63, 3.8) is 0 Å². The Labute approximate surface area is 131 Å². The van der Waals surface area contributed by atoms with Crippen molar-refractivity contribution in [1.82, 2.24) is 4.72 Å². The summed E-state index contributed by atoms with van der Waals surface area (Å²) in [6.45, 7) is 1.59. The molecule has 0 aliphatic heterocycles. The normalized spacial score (nSPS) is 11.6. The van der Waals surface area contributed by atoms with Gasteiger partial charge in [0.2, 0.25) is 10.0 Å². The van der Waals surface area contributed by atoms with Crippen LogP contribution in [0.15, 0.2) is 45.8 Å². The van der Waals surface area contributed by atoms with E-state index in [1.807, 2.05) is 12.1 Å². The van der Waals surface area contributed by atoms with Crippen LogP contribution in [0.3, 0.4) is 0 Å². The topological polar surface area (TPSA) is 72.2 Å². The predicted octanol–water partition coefficient (Wildman–Crippen LogP) is 2.96. The Kier molecular flexibility index (Phi) is 4.65. The molecule has 0 fully saturated rings. The van der Waals surface area contributed by atoms with Crippen molar-refractivity contribution in [1.29, 1.82) is 0 Å². The van der Waals surface area contributed by atoms with E-state index in [-0.39, 0.29) is 22.7 Å². The van der Waals surface area contributed by atoms with Gasteiger partial charge in [0.15, 0.2) is 0 Å². The molecular formula is C14H14BrFN2O2S. The maximum absolute atomic E-state index is 13.6. The van der Waals surface area contributed by atoms with Crippen molar-refractivity contribution in [2.24, 2.45) is 0 Å². The van der Waals surface area contributed by atoms with Crippen LogP contribution in [-0.4, -0.2) is 8.42 Å². The highest BCUT2D eigenvalue weighted by Gasteiger charge is 2.17. The Balaban J connectivity index is 2.25. The summed E-state index contributed by atoms with van der Waals surface area (Å²) in [7, 11) is -3.83. The number of rotatable bonds is 4. The maximum Gasteiger partial charge on any atom is 0.241 e. The molecule has 0 amide bonds. The van der Waals surface area contributed by atoms with Gasteiger partial charge in [-0.2, -0.15) is 0 Å². The van der Waals surface area contributed by atoms with Crippen LogP contribution >= 0.6 is 15.9 Å². The summed E-state index contributed by atoms with van der Waals surface area (Å²) < 4.78 is 41.2. The first kappa shape index (κ1) is 15.9. The van der Waals surface area contributed by atoms with Crippen LogP contribution in [0.1, 0.15) is 11.1 Å². The smallest absolute Gasteiger partial charge is 0.241 e. The van der Waals surface area contributed by atoms with Gasteiger partial charge >= 0.3 is 0 Å². The highest BCUT2D eigenvalue weighted by molar-refractivity contribution is 9.10. The second kappa shape index (κ2) is 6.13. The molecule has 3 N–H and O–H groups in total. The lowest BCUT2D eigenvalue weighted by Gasteiger charge is -2.10. The highest BCUT2D eigenvalue weighted by atomic mass is 79.9. The van der Waals surface area contributed by atoms with Crippen LogP contribution in [-0.2, 0) is 16.6 Å². The molecule has 2 aromatic carbocycles. The third-order valence-corrected chi connectivity index (χ3v) is 5.23. The molecule has 112 valence electrons. The van der Waals surface area contributed by atoms with Crippen molar-refractivity contribution in [2.45, 2.75) is 18.4 Å². The summed E-state index contributed by atoms with van der Waals surface area (Å²) >= 11 is 3.34. The number of hydrogen-bond donors (Lipinski definition) is 2. The molecule has 0 atom stereocenters. The zero-order valence-electron chi connectivity index (χ0n) is 11.2. The minimum Gasteiger partial charge on any atom is -0.398 e. The predicted molar refractivity (Wildman–Crippen MR) is 83.7 cm³/mol. The maximum atomic E-state index is 13.6. The SMILES string of the molecule is Cc1c(N)cc(S(=O)(=O)NCc2ccccc2Br)cc1F. The summed E-state index contributed by atoms with van der Waals surface area (Å²) in [6.07, 6.45) is 0. The van der Waals surface area contributed by atoms with Crippen molar-refractivity contribution >= 4 is 31.6 Å². The fourth-order valence-electron chi connectivity index (χ4n) is 1.73. The summed E-state index contributed by atoms with van der Waals surface area (Å²) in [4.78, 5) is -0.185. The summed E-state index contributed by atoms with van der Waals surface area (Å²) in [5.74, 6) is -0.642. The Morgan fingerprint density at radius 1 is 1.29 bits per heavy atom. The van der Waals surface area contributed by atoms with Crippen LogP contribution in [0.2, 0.25) is 0 Å². The quantitative estimate of drug-likeness (QED) is 0.810. The molecule has 0 bridgehead atoms. The first-order valence-corrected chi connectivity index (χ1v) is 8.37. The Hall–Kier alpha value is -1.44. The minimum absolute atomic E-state index is 0.0964. The fraction of sp³-hybridized carbons (Fsp3) is 0.143. The monoisotopic (exact) mass is 372 g/mol. The average molecular weight is 373 g/mol. The molecular weight excluding hydrogens is 359 g/mol. The molecule has 0 spiro atoms.